The van der Waals surface area contributed by atoms with Crippen molar-refractivity contribution in [2.45, 2.75) is 32.7 Å². The molecule has 104 valence electrons. The van der Waals surface area contributed by atoms with Gasteiger partial charge in [-0.05, 0) is 36.5 Å². The molecule has 19 heavy (non-hydrogen) atoms. The minimum atomic E-state index is -0.181. The predicted octanol–water partition coefficient (Wildman–Crippen LogP) is 3.48. The van der Waals surface area contributed by atoms with Gasteiger partial charge in [-0.25, -0.2) is 4.39 Å². The molecule has 1 heterocycles. The number of hydrogen-bond donors (Lipinski definition) is 1. The van der Waals surface area contributed by atoms with Crippen molar-refractivity contribution >= 4 is 16.9 Å². The van der Waals surface area contributed by atoms with E-state index < -0.39 is 0 Å². The quantitative estimate of drug-likeness (QED) is 0.893. The zero-order chi connectivity index (χ0) is 13.7. The lowest BCUT2D eigenvalue weighted by molar-refractivity contribution is 0.502. The van der Waals surface area contributed by atoms with Crippen molar-refractivity contribution in [2.24, 2.45) is 10.9 Å². The fraction of sp³-hybridized carbons (Fsp3) is 0.533. The Bertz CT molecular complexity index is 428. The first kappa shape index (κ1) is 14.4. The van der Waals surface area contributed by atoms with E-state index in [0.29, 0.717) is 6.04 Å². The maximum atomic E-state index is 12.8. The van der Waals surface area contributed by atoms with Crippen LogP contribution in [0.2, 0.25) is 0 Å². The average molecular weight is 280 g/mol. The molecular weight excluding hydrogens is 259 g/mol. The molecule has 0 radical (unpaired) electrons. The minimum absolute atomic E-state index is 0.181. The van der Waals surface area contributed by atoms with Gasteiger partial charge in [0.05, 0.1) is 0 Å². The molecular formula is C15H21FN2S. The van der Waals surface area contributed by atoms with E-state index >= 15 is 0 Å². The van der Waals surface area contributed by atoms with Crippen LogP contribution in [0.5, 0.6) is 0 Å². The van der Waals surface area contributed by atoms with Gasteiger partial charge in [-0.15, -0.1) is 0 Å². The van der Waals surface area contributed by atoms with E-state index in [4.69, 9.17) is 0 Å². The van der Waals surface area contributed by atoms with E-state index in [1.54, 1.807) is 0 Å². The smallest absolute Gasteiger partial charge is 0.156 e. The van der Waals surface area contributed by atoms with Crippen LogP contribution >= 0.6 is 11.8 Å². The summed E-state index contributed by atoms with van der Waals surface area (Å²) in [5.74, 6) is 1.66. The lowest BCUT2D eigenvalue weighted by atomic mass is 10.1. The third-order valence-corrected chi connectivity index (χ3v) is 4.16. The van der Waals surface area contributed by atoms with E-state index in [0.717, 1.165) is 35.4 Å². The number of benzene rings is 1. The molecule has 0 bridgehead atoms. The fourth-order valence-electron chi connectivity index (χ4n) is 2.16. The molecule has 1 aliphatic rings. The molecule has 2 nitrogen and oxygen atoms in total. The van der Waals surface area contributed by atoms with E-state index in [-0.39, 0.29) is 5.82 Å². The monoisotopic (exact) mass is 280 g/mol. The summed E-state index contributed by atoms with van der Waals surface area (Å²) in [7, 11) is 0. The van der Waals surface area contributed by atoms with Gasteiger partial charge in [-0.2, -0.15) is 0 Å². The summed E-state index contributed by atoms with van der Waals surface area (Å²) in [6, 6.07) is 7.22. The minimum Gasteiger partial charge on any atom is -0.361 e. The SMILES string of the molecule is CC(C)CC1CSC(=NCCc2ccc(F)cc2)N1. The van der Waals surface area contributed by atoms with Gasteiger partial charge >= 0.3 is 0 Å². The number of rotatable bonds is 5. The molecule has 1 aromatic rings. The molecule has 1 N–H and O–H groups in total. The van der Waals surface area contributed by atoms with Gasteiger partial charge < -0.3 is 5.32 Å². The summed E-state index contributed by atoms with van der Waals surface area (Å²) >= 11 is 1.81. The lowest BCUT2D eigenvalue weighted by Gasteiger charge is -2.11. The highest BCUT2D eigenvalue weighted by molar-refractivity contribution is 8.14. The number of nitrogens with one attached hydrogen (secondary N) is 1. The lowest BCUT2D eigenvalue weighted by Crippen LogP contribution is -2.28. The molecule has 1 aliphatic heterocycles. The van der Waals surface area contributed by atoms with Gasteiger partial charge in [0, 0.05) is 18.3 Å². The molecule has 1 fully saturated rings. The van der Waals surface area contributed by atoms with Crippen molar-refractivity contribution < 1.29 is 4.39 Å². The van der Waals surface area contributed by atoms with Gasteiger partial charge in [0.25, 0.3) is 0 Å². The highest BCUT2D eigenvalue weighted by atomic mass is 32.2. The summed E-state index contributed by atoms with van der Waals surface area (Å²) in [4.78, 5) is 4.57. The Labute approximate surface area is 118 Å². The topological polar surface area (TPSA) is 24.4 Å². The second-order valence-corrected chi connectivity index (χ2v) is 6.35. The van der Waals surface area contributed by atoms with E-state index in [1.807, 2.05) is 23.9 Å². The number of aliphatic imine (C=N–C) groups is 1. The molecule has 1 saturated heterocycles. The normalized spacial score (nSPS) is 21.1. The van der Waals surface area contributed by atoms with Gasteiger partial charge in [-0.1, -0.05) is 37.7 Å². The molecule has 1 aromatic carbocycles. The number of halogens is 1. The van der Waals surface area contributed by atoms with Gasteiger partial charge in [0.1, 0.15) is 5.82 Å². The predicted molar refractivity (Wildman–Crippen MR) is 81.2 cm³/mol. The summed E-state index contributed by atoms with van der Waals surface area (Å²) in [5, 5.41) is 4.53. The Morgan fingerprint density at radius 1 is 1.37 bits per heavy atom. The van der Waals surface area contributed by atoms with Crippen LogP contribution in [0.1, 0.15) is 25.8 Å². The van der Waals surface area contributed by atoms with Crippen molar-refractivity contribution in [1.29, 1.82) is 0 Å². The van der Waals surface area contributed by atoms with Crippen LogP contribution < -0.4 is 5.32 Å². The van der Waals surface area contributed by atoms with Crippen molar-refractivity contribution in [3.8, 4) is 0 Å². The second kappa shape index (κ2) is 6.94. The van der Waals surface area contributed by atoms with Crippen LogP contribution in [0.3, 0.4) is 0 Å². The molecule has 1 unspecified atom stereocenters. The molecule has 0 aromatic heterocycles. The first-order chi connectivity index (χ1) is 9.13. The maximum Gasteiger partial charge on any atom is 0.156 e. The molecule has 0 aliphatic carbocycles. The molecule has 0 amide bonds. The summed E-state index contributed by atoms with van der Waals surface area (Å²) < 4.78 is 12.8. The molecule has 0 saturated carbocycles. The zero-order valence-corrected chi connectivity index (χ0v) is 12.3. The first-order valence-electron chi connectivity index (χ1n) is 6.81. The van der Waals surface area contributed by atoms with Gasteiger partial charge in [0.2, 0.25) is 0 Å². The summed E-state index contributed by atoms with van der Waals surface area (Å²) in [5.41, 5.74) is 1.13. The maximum absolute atomic E-state index is 12.8. The Balaban J connectivity index is 1.76. The van der Waals surface area contributed by atoms with E-state index in [2.05, 4.69) is 24.2 Å². The highest BCUT2D eigenvalue weighted by Crippen LogP contribution is 2.19. The van der Waals surface area contributed by atoms with E-state index in [1.165, 1.54) is 18.6 Å². The molecule has 1 atom stereocenters. The molecule has 0 spiro atoms. The number of thioether (sulfide) groups is 1. The average Bonchev–Trinajstić information content (AvgIpc) is 2.78. The summed E-state index contributed by atoms with van der Waals surface area (Å²) in [6.45, 7) is 5.25. The standard InChI is InChI=1S/C15H21FN2S/c1-11(2)9-14-10-19-15(18-14)17-8-7-12-3-5-13(16)6-4-12/h3-6,11,14H,7-10H2,1-2H3,(H,17,18). The van der Waals surface area contributed by atoms with Crippen molar-refractivity contribution in [3.63, 3.8) is 0 Å². The third-order valence-electron chi connectivity index (χ3n) is 3.07. The summed E-state index contributed by atoms with van der Waals surface area (Å²) in [6.07, 6.45) is 2.06. The number of hydrogen-bond acceptors (Lipinski definition) is 2. The van der Waals surface area contributed by atoms with Crippen LogP contribution in [0.15, 0.2) is 29.3 Å². The largest absolute Gasteiger partial charge is 0.361 e. The van der Waals surface area contributed by atoms with Crippen LogP contribution in [-0.4, -0.2) is 23.5 Å². The van der Waals surface area contributed by atoms with Crippen LogP contribution in [0, 0.1) is 11.7 Å². The van der Waals surface area contributed by atoms with E-state index in [9.17, 15) is 4.39 Å². The molecule has 2 rings (SSSR count). The van der Waals surface area contributed by atoms with Gasteiger partial charge in [0.15, 0.2) is 5.17 Å². The second-order valence-electron chi connectivity index (χ2n) is 5.35. The van der Waals surface area contributed by atoms with Crippen molar-refractivity contribution in [2.75, 3.05) is 12.3 Å². The Hall–Kier alpha value is -1.03. The zero-order valence-electron chi connectivity index (χ0n) is 11.5. The van der Waals surface area contributed by atoms with Gasteiger partial charge in [-0.3, -0.25) is 4.99 Å². The molecule has 4 heteroatoms. The highest BCUT2D eigenvalue weighted by Gasteiger charge is 2.20. The Morgan fingerprint density at radius 3 is 2.79 bits per heavy atom. The number of nitrogens with zero attached hydrogens (tertiary/aromatic N) is 1. The van der Waals surface area contributed by atoms with Crippen LogP contribution in [0.25, 0.3) is 0 Å². The Morgan fingerprint density at radius 2 is 2.11 bits per heavy atom. The van der Waals surface area contributed by atoms with Crippen LogP contribution in [0.4, 0.5) is 4.39 Å². The van der Waals surface area contributed by atoms with Crippen LogP contribution in [-0.2, 0) is 6.42 Å². The Kier molecular flexibility index (Phi) is 5.25. The fourth-order valence-corrected chi connectivity index (χ4v) is 3.17. The first-order valence-corrected chi connectivity index (χ1v) is 7.80. The third kappa shape index (κ3) is 4.86. The van der Waals surface area contributed by atoms with Crippen molar-refractivity contribution in [1.82, 2.24) is 5.32 Å². The number of amidine groups is 1. The van der Waals surface area contributed by atoms with Crippen molar-refractivity contribution in [3.05, 3.63) is 35.6 Å².